The number of nitrogens with one attached hydrogen (secondary N) is 1. The van der Waals surface area contributed by atoms with Gasteiger partial charge in [-0.15, -0.1) is 0 Å². The summed E-state index contributed by atoms with van der Waals surface area (Å²) in [7, 11) is 2.13. The minimum Gasteiger partial charge on any atom is -0.331 e. The maximum atomic E-state index is 4.83. The van der Waals surface area contributed by atoms with Crippen LogP contribution in [0.15, 0.2) is 18.2 Å². The molecule has 3 heteroatoms. The highest BCUT2D eigenvalue weighted by molar-refractivity contribution is 5.79. The third-order valence-corrected chi connectivity index (χ3v) is 4.05. The number of nitrogens with zero attached hydrogens (tertiary/aromatic N) is 2. The summed E-state index contributed by atoms with van der Waals surface area (Å²) < 4.78 is 2.25. The Morgan fingerprint density at radius 2 is 2.28 bits per heavy atom. The van der Waals surface area contributed by atoms with E-state index in [0.717, 1.165) is 18.5 Å². The molecule has 1 aliphatic rings. The van der Waals surface area contributed by atoms with E-state index in [-0.39, 0.29) is 0 Å². The van der Waals surface area contributed by atoms with Crippen LogP contribution in [0.1, 0.15) is 30.7 Å². The number of imidazole rings is 1. The first-order chi connectivity index (χ1) is 8.75. The van der Waals surface area contributed by atoms with Crippen LogP contribution in [0.3, 0.4) is 0 Å². The van der Waals surface area contributed by atoms with E-state index in [2.05, 4.69) is 42.1 Å². The number of benzene rings is 1. The third kappa shape index (κ3) is 2.03. The number of rotatable bonds is 2. The second-order valence-electron chi connectivity index (χ2n) is 5.38. The molecule has 1 fully saturated rings. The molecular formula is C15H21N3. The van der Waals surface area contributed by atoms with E-state index in [9.17, 15) is 0 Å². The van der Waals surface area contributed by atoms with Gasteiger partial charge in [-0.3, -0.25) is 0 Å². The SMILES string of the molecule is Cc1cccc2c1nc(CC1CCCCN1)n2C. The number of para-hydroxylation sites is 1. The zero-order valence-corrected chi connectivity index (χ0v) is 11.2. The standard InChI is InChI=1S/C15H21N3/c1-11-6-5-8-13-15(11)17-14(18(13)2)10-12-7-3-4-9-16-12/h5-6,8,12,16H,3-4,7,9-10H2,1-2H3. The fraction of sp³-hybridized carbons (Fsp3) is 0.533. The van der Waals surface area contributed by atoms with Gasteiger partial charge in [0.15, 0.2) is 0 Å². The molecule has 0 radical (unpaired) electrons. The Hall–Kier alpha value is -1.35. The van der Waals surface area contributed by atoms with Crippen LogP contribution in [-0.2, 0) is 13.5 Å². The van der Waals surface area contributed by atoms with Crippen molar-refractivity contribution in [2.75, 3.05) is 6.54 Å². The van der Waals surface area contributed by atoms with Crippen LogP contribution in [0.5, 0.6) is 0 Å². The zero-order valence-electron chi connectivity index (χ0n) is 11.2. The average Bonchev–Trinajstić information content (AvgIpc) is 2.70. The fourth-order valence-electron chi connectivity index (χ4n) is 2.90. The maximum absolute atomic E-state index is 4.83. The van der Waals surface area contributed by atoms with Crippen LogP contribution in [-0.4, -0.2) is 22.1 Å². The summed E-state index contributed by atoms with van der Waals surface area (Å²) in [5.41, 5.74) is 3.68. The molecule has 0 saturated carbocycles. The van der Waals surface area contributed by atoms with Crippen LogP contribution in [0, 0.1) is 6.92 Å². The Labute approximate surface area is 108 Å². The summed E-state index contributed by atoms with van der Waals surface area (Å²) in [6.45, 7) is 3.30. The van der Waals surface area contributed by atoms with Gasteiger partial charge in [0, 0.05) is 19.5 Å². The Morgan fingerprint density at radius 3 is 3.00 bits per heavy atom. The zero-order chi connectivity index (χ0) is 12.5. The predicted molar refractivity (Wildman–Crippen MR) is 74.8 cm³/mol. The number of fused-ring (bicyclic) bond motifs is 1. The summed E-state index contributed by atoms with van der Waals surface area (Å²) in [6.07, 6.45) is 4.99. The molecule has 1 unspecified atom stereocenters. The normalized spacial score (nSPS) is 20.4. The van der Waals surface area contributed by atoms with Crippen molar-refractivity contribution in [2.45, 2.75) is 38.6 Å². The molecule has 1 aromatic heterocycles. The Bertz CT molecular complexity index is 550. The molecule has 2 heterocycles. The maximum Gasteiger partial charge on any atom is 0.111 e. The number of aromatic nitrogens is 2. The smallest absolute Gasteiger partial charge is 0.111 e. The van der Waals surface area contributed by atoms with E-state index in [1.165, 1.54) is 36.2 Å². The Kier molecular flexibility index (Phi) is 3.08. The quantitative estimate of drug-likeness (QED) is 0.878. The number of aryl methyl sites for hydroxylation is 2. The molecule has 3 rings (SSSR count). The second kappa shape index (κ2) is 4.73. The van der Waals surface area contributed by atoms with Crippen molar-refractivity contribution in [1.29, 1.82) is 0 Å². The number of piperidine rings is 1. The topological polar surface area (TPSA) is 29.9 Å². The van der Waals surface area contributed by atoms with Crippen LogP contribution < -0.4 is 5.32 Å². The number of hydrogen-bond acceptors (Lipinski definition) is 2. The van der Waals surface area contributed by atoms with E-state index in [4.69, 9.17) is 4.98 Å². The summed E-state index contributed by atoms with van der Waals surface area (Å²) in [5.74, 6) is 1.21. The van der Waals surface area contributed by atoms with Crippen LogP contribution in [0.2, 0.25) is 0 Å². The van der Waals surface area contributed by atoms with Gasteiger partial charge in [-0.1, -0.05) is 18.6 Å². The molecule has 96 valence electrons. The van der Waals surface area contributed by atoms with E-state index < -0.39 is 0 Å². The van der Waals surface area contributed by atoms with Crippen molar-refractivity contribution in [2.24, 2.45) is 7.05 Å². The van der Waals surface area contributed by atoms with Gasteiger partial charge in [-0.25, -0.2) is 4.98 Å². The lowest BCUT2D eigenvalue weighted by Crippen LogP contribution is -2.36. The Morgan fingerprint density at radius 1 is 1.39 bits per heavy atom. The summed E-state index contributed by atoms with van der Waals surface area (Å²) in [5, 5.41) is 3.60. The minimum absolute atomic E-state index is 0.606. The highest BCUT2D eigenvalue weighted by Gasteiger charge is 2.17. The highest BCUT2D eigenvalue weighted by atomic mass is 15.1. The third-order valence-electron chi connectivity index (χ3n) is 4.05. The van der Waals surface area contributed by atoms with Crippen LogP contribution in [0.4, 0.5) is 0 Å². The van der Waals surface area contributed by atoms with E-state index in [0.29, 0.717) is 6.04 Å². The minimum atomic E-state index is 0.606. The van der Waals surface area contributed by atoms with Crippen LogP contribution in [0.25, 0.3) is 11.0 Å². The molecule has 0 bridgehead atoms. The van der Waals surface area contributed by atoms with Crippen LogP contribution >= 0.6 is 0 Å². The van der Waals surface area contributed by atoms with E-state index >= 15 is 0 Å². The molecule has 0 aliphatic carbocycles. The van der Waals surface area contributed by atoms with Crippen molar-refractivity contribution in [3.05, 3.63) is 29.6 Å². The molecule has 18 heavy (non-hydrogen) atoms. The van der Waals surface area contributed by atoms with Gasteiger partial charge in [0.1, 0.15) is 5.82 Å². The van der Waals surface area contributed by atoms with Crippen molar-refractivity contribution < 1.29 is 0 Å². The first-order valence-corrected chi connectivity index (χ1v) is 6.90. The van der Waals surface area contributed by atoms with Gasteiger partial charge in [0.25, 0.3) is 0 Å². The van der Waals surface area contributed by atoms with Gasteiger partial charge in [-0.05, 0) is 37.9 Å². The van der Waals surface area contributed by atoms with Crippen molar-refractivity contribution in [1.82, 2.24) is 14.9 Å². The monoisotopic (exact) mass is 243 g/mol. The number of hydrogen-bond donors (Lipinski definition) is 1. The highest BCUT2D eigenvalue weighted by Crippen LogP contribution is 2.20. The lowest BCUT2D eigenvalue weighted by Gasteiger charge is -2.22. The van der Waals surface area contributed by atoms with Crippen molar-refractivity contribution >= 4 is 11.0 Å². The van der Waals surface area contributed by atoms with E-state index in [1.807, 2.05) is 0 Å². The molecule has 0 amide bonds. The summed E-state index contributed by atoms with van der Waals surface area (Å²) >= 11 is 0. The van der Waals surface area contributed by atoms with Gasteiger partial charge in [-0.2, -0.15) is 0 Å². The molecule has 1 N–H and O–H groups in total. The summed E-state index contributed by atoms with van der Waals surface area (Å²) in [4.78, 5) is 4.83. The first kappa shape index (κ1) is 11.7. The molecule has 3 nitrogen and oxygen atoms in total. The van der Waals surface area contributed by atoms with Gasteiger partial charge < -0.3 is 9.88 Å². The molecular weight excluding hydrogens is 222 g/mol. The van der Waals surface area contributed by atoms with Crippen molar-refractivity contribution in [3.63, 3.8) is 0 Å². The lowest BCUT2D eigenvalue weighted by molar-refractivity contribution is 0.392. The summed E-state index contributed by atoms with van der Waals surface area (Å²) in [6, 6.07) is 7.02. The first-order valence-electron chi connectivity index (χ1n) is 6.90. The molecule has 2 aromatic rings. The van der Waals surface area contributed by atoms with Gasteiger partial charge in [0.05, 0.1) is 11.0 Å². The molecule has 0 spiro atoms. The predicted octanol–water partition coefficient (Wildman–Crippen LogP) is 2.57. The lowest BCUT2D eigenvalue weighted by atomic mass is 10.0. The molecule has 1 aromatic carbocycles. The van der Waals surface area contributed by atoms with Gasteiger partial charge in [0.2, 0.25) is 0 Å². The van der Waals surface area contributed by atoms with E-state index in [1.54, 1.807) is 0 Å². The second-order valence-corrected chi connectivity index (χ2v) is 5.38. The largest absolute Gasteiger partial charge is 0.331 e. The molecule has 1 aliphatic heterocycles. The van der Waals surface area contributed by atoms with Crippen molar-refractivity contribution in [3.8, 4) is 0 Å². The Balaban J connectivity index is 1.92. The molecule has 1 atom stereocenters. The molecule has 1 saturated heterocycles. The van der Waals surface area contributed by atoms with Gasteiger partial charge >= 0.3 is 0 Å². The average molecular weight is 243 g/mol. The fourth-order valence-corrected chi connectivity index (χ4v) is 2.90.